The summed E-state index contributed by atoms with van der Waals surface area (Å²) < 4.78 is 39.9. The lowest BCUT2D eigenvalue weighted by Gasteiger charge is -2.40. The lowest BCUT2D eigenvalue weighted by atomic mass is 10.0. The Morgan fingerprint density at radius 1 is 1.17 bits per heavy atom. The van der Waals surface area contributed by atoms with Crippen LogP contribution >= 0.6 is 11.8 Å². The molecule has 0 saturated carbocycles. The molecule has 13 nitrogen and oxygen atoms in total. The van der Waals surface area contributed by atoms with Crippen molar-refractivity contribution in [2.45, 2.75) is 36.9 Å². The van der Waals surface area contributed by atoms with E-state index >= 15 is 0 Å². The molecular weight excluding hydrogens is 622 g/mol. The van der Waals surface area contributed by atoms with E-state index in [1.807, 2.05) is 11.2 Å². The zero-order valence-electron chi connectivity index (χ0n) is 25.5. The Morgan fingerprint density at radius 2 is 1.93 bits per heavy atom. The highest BCUT2D eigenvalue weighted by Gasteiger charge is 2.29. The van der Waals surface area contributed by atoms with Gasteiger partial charge in [-0.25, -0.2) is 9.50 Å². The van der Waals surface area contributed by atoms with E-state index in [1.54, 1.807) is 30.6 Å². The number of rotatable bonds is 9. The van der Waals surface area contributed by atoms with E-state index in [4.69, 9.17) is 14.6 Å². The molecule has 2 fully saturated rings. The number of amides is 2. The molecule has 2 aliphatic heterocycles. The Balaban J connectivity index is 0.00000204. The van der Waals surface area contributed by atoms with E-state index in [1.165, 1.54) is 39.4 Å². The van der Waals surface area contributed by atoms with E-state index in [-0.39, 0.29) is 40.7 Å². The highest BCUT2D eigenvalue weighted by molar-refractivity contribution is 7.98. The largest absolute Gasteiger partial charge is 0.434 e. The summed E-state index contributed by atoms with van der Waals surface area (Å²) in [7, 11) is 1.00. The highest BCUT2D eigenvalue weighted by atomic mass is 32.2. The number of fused-ring (bicyclic) bond motifs is 1. The molecular formula is C30H36F2N8O5S. The minimum absolute atomic E-state index is 0.0867. The molecule has 46 heavy (non-hydrogen) atoms. The fourth-order valence-corrected chi connectivity index (χ4v) is 6.09. The lowest BCUT2D eigenvalue weighted by molar-refractivity contribution is -0.133. The van der Waals surface area contributed by atoms with Crippen molar-refractivity contribution in [3.05, 3.63) is 54.6 Å². The Labute approximate surface area is 268 Å². The molecule has 2 aliphatic rings. The summed E-state index contributed by atoms with van der Waals surface area (Å²) in [6.07, 6.45) is 9.75. The van der Waals surface area contributed by atoms with Gasteiger partial charge in [0, 0.05) is 68.4 Å². The van der Waals surface area contributed by atoms with Crippen LogP contribution in [0.3, 0.4) is 0 Å². The minimum Gasteiger partial charge on any atom is -0.434 e. The van der Waals surface area contributed by atoms with E-state index in [2.05, 4.69) is 25.4 Å². The molecule has 0 radical (unpaired) electrons. The maximum atomic E-state index is 13.4. The van der Waals surface area contributed by atoms with Gasteiger partial charge in [-0.05, 0) is 43.4 Å². The second-order valence-electron chi connectivity index (χ2n) is 10.5. The Hall–Kier alpha value is -4.12. The molecule has 16 heteroatoms. The molecule has 2 N–H and O–H groups in total. The first-order chi connectivity index (χ1) is 22.4. The van der Waals surface area contributed by atoms with Gasteiger partial charge in [-0.15, -0.1) is 11.8 Å². The molecule has 0 unspecified atom stereocenters. The van der Waals surface area contributed by atoms with Crippen molar-refractivity contribution >= 4 is 34.9 Å². The van der Waals surface area contributed by atoms with Crippen LogP contribution in [-0.2, 0) is 16.1 Å². The first-order valence-corrected chi connectivity index (χ1v) is 16.0. The number of aliphatic hydroxyl groups is 1. The number of hydrogen-bond donors (Lipinski definition) is 2. The van der Waals surface area contributed by atoms with Crippen LogP contribution in [0.15, 0.2) is 53.9 Å². The summed E-state index contributed by atoms with van der Waals surface area (Å²) >= 11 is 1.42. The number of halogens is 2. The van der Waals surface area contributed by atoms with Crippen molar-refractivity contribution in [2.75, 3.05) is 58.1 Å². The summed E-state index contributed by atoms with van der Waals surface area (Å²) in [6.45, 7) is 1.38. The van der Waals surface area contributed by atoms with Crippen LogP contribution in [-0.4, -0.2) is 117 Å². The average molecular weight is 659 g/mol. The second kappa shape index (κ2) is 15.4. The smallest absolute Gasteiger partial charge is 0.387 e. The minimum atomic E-state index is -3.07. The van der Waals surface area contributed by atoms with Gasteiger partial charge in [-0.1, -0.05) is 0 Å². The number of hydrogen-bond acceptors (Lipinski definition) is 10. The third-order valence-corrected chi connectivity index (χ3v) is 8.59. The summed E-state index contributed by atoms with van der Waals surface area (Å²) in [5.41, 5.74) is 1.23. The van der Waals surface area contributed by atoms with Crippen molar-refractivity contribution in [3.8, 4) is 17.0 Å². The SMILES string of the molecule is CO.CSc1ccc(OC(F)F)c(-c2nn(CC(=O)N3CCC(N4CCOCC4)CC3)cc2NC(=O)c2cnn3cccnc23)c1. The van der Waals surface area contributed by atoms with Gasteiger partial charge in [0.25, 0.3) is 5.91 Å². The molecule has 0 bridgehead atoms. The summed E-state index contributed by atoms with van der Waals surface area (Å²) in [4.78, 5) is 36.1. The number of piperidine rings is 1. The summed E-state index contributed by atoms with van der Waals surface area (Å²) in [5.74, 6) is -0.743. The normalized spacial score (nSPS) is 15.9. The standard InChI is InChI=1S/C29H32F2N8O4S.CH4O/c1-44-20-3-4-24(43-29(30)31)21(15-20)26-23(34-28(41)22-16-33-39-8-2-7-32-27(22)39)17-38(35-26)18-25(40)37-9-5-19(6-10-37)36-11-13-42-14-12-36;1-2/h2-4,7-8,15-17,19,29H,5-6,9-14,18H2,1H3,(H,34,41);2H,1H3. The van der Waals surface area contributed by atoms with E-state index in [9.17, 15) is 18.4 Å². The molecule has 246 valence electrons. The molecule has 0 atom stereocenters. The number of aliphatic hydroxyl groups excluding tert-OH is 1. The number of likely N-dealkylation sites (tertiary alicyclic amines) is 1. The first-order valence-electron chi connectivity index (χ1n) is 14.7. The maximum Gasteiger partial charge on any atom is 0.387 e. The molecule has 5 heterocycles. The van der Waals surface area contributed by atoms with Gasteiger partial charge in [-0.2, -0.15) is 19.0 Å². The molecule has 6 rings (SSSR count). The summed E-state index contributed by atoms with van der Waals surface area (Å²) in [5, 5.41) is 18.6. The predicted octanol–water partition coefficient (Wildman–Crippen LogP) is 3.10. The third kappa shape index (κ3) is 7.63. The number of nitrogens with one attached hydrogen (secondary N) is 1. The van der Waals surface area contributed by atoms with Crippen LogP contribution in [0.1, 0.15) is 23.2 Å². The van der Waals surface area contributed by atoms with Gasteiger partial charge in [0.15, 0.2) is 5.65 Å². The molecule has 2 saturated heterocycles. The Morgan fingerprint density at radius 3 is 2.65 bits per heavy atom. The zero-order valence-corrected chi connectivity index (χ0v) is 26.3. The van der Waals surface area contributed by atoms with Crippen molar-refractivity contribution in [1.29, 1.82) is 0 Å². The van der Waals surface area contributed by atoms with Crippen LogP contribution < -0.4 is 10.1 Å². The highest BCUT2D eigenvalue weighted by Crippen LogP contribution is 2.38. The lowest BCUT2D eigenvalue weighted by Crippen LogP contribution is -2.50. The number of carbonyl (C=O) groups excluding carboxylic acids is 2. The summed E-state index contributed by atoms with van der Waals surface area (Å²) in [6, 6.07) is 6.88. The quantitative estimate of drug-likeness (QED) is 0.258. The fourth-order valence-electron chi connectivity index (χ4n) is 5.65. The number of alkyl halides is 2. The van der Waals surface area contributed by atoms with Gasteiger partial charge >= 0.3 is 6.61 Å². The average Bonchev–Trinajstić information content (AvgIpc) is 3.70. The number of thioether (sulfide) groups is 1. The maximum absolute atomic E-state index is 13.4. The van der Waals surface area contributed by atoms with E-state index in [0.29, 0.717) is 24.8 Å². The number of benzene rings is 1. The Kier molecular flexibility index (Phi) is 11.2. The fraction of sp³-hybridized carbons (Fsp3) is 0.433. The van der Waals surface area contributed by atoms with Crippen molar-refractivity contribution in [2.24, 2.45) is 0 Å². The molecule has 4 aromatic rings. The zero-order chi connectivity index (χ0) is 32.6. The molecule has 1 aromatic carbocycles. The van der Waals surface area contributed by atoms with Gasteiger partial charge < -0.3 is 24.8 Å². The number of morpholine rings is 1. The number of nitrogens with zero attached hydrogens (tertiary/aromatic N) is 7. The monoisotopic (exact) mass is 658 g/mol. The number of aromatic nitrogens is 5. The first kappa shape index (κ1) is 33.2. The van der Waals surface area contributed by atoms with Gasteiger partial charge in [0.2, 0.25) is 5.91 Å². The van der Waals surface area contributed by atoms with E-state index in [0.717, 1.165) is 51.2 Å². The molecule has 3 aromatic heterocycles. The van der Waals surface area contributed by atoms with Crippen molar-refractivity contribution in [3.63, 3.8) is 0 Å². The van der Waals surface area contributed by atoms with Crippen LogP contribution in [0.4, 0.5) is 14.5 Å². The van der Waals surface area contributed by atoms with Crippen LogP contribution in [0.2, 0.25) is 0 Å². The number of ether oxygens (including phenoxy) is 2. The molecule has 0 spiro atoms. The van der Waals surface area contributed by atoms with Crippen LogP contribution in [0.25, 0.3) is 16.9 Å². The predicted molar refractivity (Wildman–Crippen MR) is 167 cm³/mol. The van der Waals surface area contributed by atoms with Gasteiger partial charge in [-0.3, -0.25) is 19.2 Å². The molecule has 2 amide bonds. The van der Waals surface area contributed by atoms with Gasteiger partial charge in [0.1, 0.15) is 23.6 Å². The Bertz CT molecular complexity index is 1640. The topological polar surface area (TPSA) is 139 Å². The number of anilines is 1. The molecule has 0 aliphatic carbocycles. The van der Waals surface area contributed by atoms with Crippen LogP contribution in [0.5, 0.6) is 5.75 Å². The number of carbonyl (C=O) groups is 2. The van der Waals surface area contributed by atoms with E-state index < -0.39 is 12.5 Å². The van der Waals surface area contributed by atoms with Gasteiger partial charge in [0.05, 0.1) is 25.1 Å². The van der Waals surface area contributed by atoms with Crippen LogP contribution in [0, 0.1) is 0 Å². The van der Waals surface area contributed by atoms with Crippen molar-refractivity contribution in [1.82, 2.24) is 34.2 Å². The third-order valence-electron chi connectivity index (χ3n) is 7.87. The second-order valence-corrected chi connectivity index (χ2v) is 11.4. The van der Waals surface area contributed by atoms with Crippen molar-refractivity contribution < 1.29 is 33.0 Å².